The lowest BCUT2D eigenvalue weighted by molar-refractivity contribution is 0.199. The quantitative estimate of drug-likeness (QED) is 0.372. The van der Waals surface area contributed by atoms with Crippen molar-refractivity contribution in [3.8, 4) is 0 Å². The summed E-state index contributed by atoms with van der Waals surface area (Å²) in [7, 11) is 0. The van der Waals surface area contributed by atoms with E-state index in [4.69, 9.17) is 9.53 Å². The third-order valence-corrected chi connectivity index (χ3v) is 0.500. The van der Waals surface area contributed by atoms with Crippen LogP contribution in [0.2, 0.25) is 0 Å². The van der Waals surface area contributed by atoms with Crippen molar-refractivity contribution in [1.29, 1.82) is 0 Å². The van der Waals surface area contributed by atoms with Crippen molar-refractivity contribution in [1.82, 2.24) is 0 Å². The Kier molecular flexibility index (Phi) is 109. The molecule has 0 aromatic carbocycles. The molecule has 96 valence electrons. The monoisotopic (exact) mass is 244 g/mol. The zero-order chi connectivity index (χ0) is 6.57. The van der Waals surface area contributed by atoms with E-state index >= 15 is 0 Å². The fraction of sp³-hybridized carbons (Fsp3) is 0.750. The molecule has 1 unspecified atom stereocenters. The van der Waals surface area contributed by atoms with Crippen LogP contribution in [0, 0.1) is 0 Å². The molecule has 1 atom stereocenters. The lowest BCUT2D eigenvalue weighted by Crippen LogP contribution is -1.60. The zero-order valence-corrected chi connectivity index (χ0v) is 6.81. The van der Waals surface area contributed by atoms with Crippen LogP contribution in [0.3, 0.4) is 0 Å². The lowest BCUT2D eigenvalue weighted by atomic mass is 10.6. The van der Waals surface area contributed by atoms with E-state index in [1.807, 2.05) is 0 Å². The maximum absolute atomic E-state index is 9.69. The summed E-state index contributed by atoms with van der Waals surface area (Å²) in [5.74, 6) is 0. The van der Waals surface area contributed by atoms with E-state index < -0.39 is 6.29 Å². The van der Waals surface area contributed by atoms with Crippen LogP contribution < -0.4 is 0 Å². The Balaban J connectivity index is -0.00000000980. The van der Waals surface area contributed by atoms with Gasteiger partial charge >= 0.3 is 6.29 Å². The van der Waals surface area contributed by atoms with Crippen LogP contribution in [0.5, 0.6) is 0 Å². The Labute approximate surface area is 73.8 Å². The van der Waals surface area contributed by atoms with Crippen molar-refractivity contribution >= 4 is 6.29 Å². The van der Waals surface area contributed by atoms with Crippen LogP contribution in [-0.2, 0) is 4.74 Å². The summed E-state index contributed by atoms with van der Waals surface area (Å²) in [6.07, 6.45) is -2.25. The molecule has 0 radical (unpaired) electrons. The average molecular weight is 244 g/mol. The fourth-order valence-electron chi connectivity index (χ4n) is 0.0962. The van der Waals surface area contributed by atoms with Gasteiger partial charge in [-0.05, 0) is 6.92 Å². The molecule has 1 aliphatic heterocycles. The minimum absolute atomic E-state index is 0. The summed E-state index contributed by atoms with van der Waals surface area (Å²) in [4.78, 5) is 8.11. The van der Waals surface area contributed by atoms with Crippen molar-refractivity contribution in [2.75, 3.05) is 6.61 Å². The molecular weight excluding hydrogens is 232 g/mol. The van der Waals surface area contributed by atoms with Crippen LogP contribution in [0.25, 0.3) is 0 Å². The van der Waals surface area contributed by atoms with E-state index in [9.17, 15) is 8.78 Å². The number of ether oxygens (including phenoxy) is 1. The molecule has 0 bridgehead atoms. The number of hydrogen-bond donors (Lipinski definition) is 0. The molecule has 0 spiro atoms. The summed E-state index contributed by atoms with van der Waals surface area (Å²) in [6, 6.07) is 0. The standard InChI is InChI=1S/C3H6O.CF2O.6FH/c1-3-2-4-3;2-1(3)4;;;;;;/h3H,2H2,1H3;;6*1H. The number of halogens is 8. The highest BCUT2D eigenvalue weighted by Gasteiger charge is 2.13. The molecule has 14 heavy (non-hydrogen) atoms. The molecule has 0 amide bonds. The highest BCUT2D eigenvalue weighted by Crippen LogP contribution is 2.04. The first-order valence-corrected chi connectivity index (χ1v) is 2.09. The molecule has 1 fully saturated rings. The van der Waals surface area contributed by atoms with Gasteiger partial charge in [-0.15, -0.1) is 8.78 Å². The van der Waals surface area contributed by atoms with E-state index in [2.05, 4.69) is 6.92 Å². The van der Waals surface area contributed by atoms with Crippen LogP contribution >= 0.6 is 0 Å². The van der Waals surface area contributed by atoms with E-state index in [-0.39, 0.29) is 28.2 Å². The Morgan fingerprint density at radius 2 is 1.14 bits per heavy atom. The molecule has 0 N–H and O–H groups in total. The highest BCUT2D eigenvalue weighted by atomic mass is 19.3. The lowest BCUT2D eigenvalue weighted by Gasteiger charge is -1.50. The van der Waals surface area contributed by atoms with Gasteiger partial charge in [0.25, 0.3) is 0 Å². The third-order valence-electron chi connectivity index (χ3n) is 0.500. The molecule has 1 heterocycles. The molecular formula is C4H12F8O2. The Morgan fingerprint density at radius 1 is 1.07 bits per heavy atom. The first-order valence-electron chi connectivity index (χ1n) is 2.09. The smallest absolute Gasteiger partial charge is 0.373 e. The van der Waals surface area contributed by atoms with Crippen LogP contribution in [-0.4, -0.2) is 19.0 Å². The topological polar surface area (TPSA) is 29.6 Å². The van der Waals surface area contributed by atoms with E-state index in [1.54, 1.807) is 0 Å². The second-order valence-electron chi connectivity index (χ2n) is 1.37. The van der Waals surface area contributed by atoms with Crippen molar-refractivity contribution < 1.29 is 46.5 Å². The van der Waals surface area contributed by atoms with E-state index in [0.29, 0.717) is 6.10 Å². The molecule has 2 nitrogen and oxygen atoms in total. The van der Waals surface area contributed by atoms with Crippen molar-refractivity contribution in [3.63, 3.8) is 0 Å². The minimum atomic E-state index is -2.83. The number of rotatable bonds is 0. The number of hydrogen-bond acceptors (Lipinski definition) is 2. The third kappa shape index (κ3) is 262. The summed E-state index contributed by atoms with van der Waals surface area (Å²) < 4.78 is 24.1. The number of epoxide rings is 1. The van der Waals surface area contributed by atoms with Gasteiger partial charge in [-0.3, -0.25) is 28.2 Å². The fourth-order valence-corrected chi connectivity index (χ4v) is 0.0962. The van der Waals surface area contributed by atoms with Crippen LogP contribution in [0.15, 0.2) is 0 Å². The molecule has 10 heteroatoms. The first-order chi connectivity index (χ1) is 3.63. The maximum Gasteiger partial charge on any atom is 0.483 e. The Morgan fingerprint density at radius 3 is 1.14 bits per heavy atom. The van der Waals surface area contributed by atoms with Crippen molar-refractivity contribution in [3.05, 3.63) is 0 Å². The largest absolute Gasteiger partial charge is 0.483 e. The molecule has 1 aliphatic rings. The molecule has 0 saturated carbocycles. The van der Waals surface area contributed by atoms with E-state index in [0.717, 1.165) is 6.61 Å². The highest BCUT2D eigenvalue weighted by molar-refractivity contribution is 5.55. The molecule has 0 aromatic heterocycles. The van der Waals surface area contributed by atoms with Gasteiger partial charge in [0.15, 0.2) is 0 Å². The molecule has 1 rings (SSSR count). The van der Waals surface area contributed by atoms with Gasteiger partial charge < -0.3 is 4.74 Å². The normalized spacial score (nSPS) is 13.2. The van der Waals surface area contributed by atoms with Gasteiger partial charge in [-0.25, -0.2) is 4.79 Å². The van der Waals surface area contributed by atoms with Crippen molar-refractivity contribution in [2.24, 2.45) is 0 Å². The zero-order valence-electron chi connectivity index (χ0n) is 6.81. The van der Waals surface area contributed by atoms with Crippen LogP contribution in [0.1, 0.15) is 6.92 Å². The van der Waals surface area contributed by atoms with Gasteiger partial charge in [0, 0.05) is 0 Å². The van der Waals surface area contributed by atoms with Gasteiger partial charge in [-0.1, -0.05) is 0 Å². The molecule has 0 aliphatic carbocycles. The number of carbonyl (C=O) groups excluding carboxylic acids is 1. The Bertz CT molecular complexity index is 83.4. The van der Waals surface area contributed by atoms with Gasteiger partial charge in [0.2, 0.25) is 0 Å². The second-order valence-corrected chi connectivity index (χ2v) is 1.37. The number of carbonyl (C=O) groups is 1. The predicted molar refractivity (Wildman–Crippen MR) is 38.0 cm³/mol. The minimum Gasteiger partial charge on any atom is -0.373 e. The maximum atomic E-state index is 9.69. The van der Waals surface area contributed by atoms with Gasteiger partial charge in [0.05, 0.1) is 12.7 Å². The summed E-state index contributed by atoms with van der Waals surface area (Å²) in [6.45, 7) is 3.04. The average Bonchev–Trinajstić information content (AvgIpc) is 2.19. The Hall–Kier alpha value is -0.930. The van der Waals surface area contributed by atoms with E-state index in [1.165, 1.54) is 0 Å². The SMILES string of the molecule is CC1CO1.F.F.F.F.F.F.O=C(F)F. The predicted octanol–water partition coefficient (Wildman–Crippen LogP) is 2.37. The van der Waals surface area contributed by atoms with Crippen LogP contribution in [0.4, 0.5) is 41.8 Å². The van der Waals surface area contributed by atoms with Crippen molar-refractivity contribution in [2.45, 2.75) is 13.0 Å². The van der Waals surface area contributed by atoms with Gasteiger partial charge in [0.1, 0.15) is 0 Å². The second kappa shape index (κ2) is 29.6. The summed E-state index contributed by atoms with van der Waals surface area (Å²) >= 11 is 0. The molecule has 0 aromatic rings. The summed E-state index contributed by atoms with van der Waals surface area (Å²) in [5.41, 5.74) is 0. The van der Waals surface area contributed by atoms with Gasteiger partial charge in [-0.2, -0.15) is 0 Å². The summed E-state index contributed by atoms with van der Waals surface area (Å²) in [5, 5.41) is 0. The first kappa shape index (κ1) is 51.7. The molecule has 1 saturated heterocycles.